The van der Waals surface area contributed by atoms with Crippen molar-refractivity contribution >= 4 is 46.2 Å². The minimum absolute atomic E-state index is 0. The van der Waals surface area contributed by atoms with E-state index in [4.69, 9.17) is 9.40 Å². The van der Waals surface area contributed by atoms with E-state index in [1.807, 2.05) is 48.8 Å². The molecule has 0 radical (unpaired) electrons. The molecule has 9 aromatic rings. The molecule has 3 aromatic heterocycles. The zero-order chi connectivity index (χ0) is 42.1. The Bertz CT molecular complexity index is 2890. The Morgan fingerprint density at radius 1 is 0.689 bits per heavy atom. The Balaban J connectivity index is 0.000000226. The van der Waals surface area contributed by atoms with Crippen molar-refractivity contribution in [3.63, 3.8) is 0 Å². The molecule has 308 valence electrons. The van der Waals surface area contributed by atoms with Gasteiger partial charge in [-0.05, 0) is 70.7 Å². The van der Waals surface area contributed by atoms with Crippen molar-refractivity contribution in [2.24, 2.45) is 5.92 Å². The number of hydrogen-bond acceptors (Lipinski definition) is 3. The number of nitrogens with zero attached hydrogens (tertiary/aromatic N) is 3. The number of para-hydroxylation sites is 1. The van der Waals surface area contributed by atoms with Crippen molar-refractivity contribution in [1.82, 2.24) is 14.5 Å². The van der Waals surface area contributed by atoms with Gasteiger partial charge in [0.1, 0.15) is 5.58 Å². The number of hydrogen-bond donors (Lipinski definition) is 0. The predicted molar refractivity (Wildman–Crippen MR) is 255 cm³/mol. The van der Waals surface area contributed by atoms with E-state index in [0.717, 1.165) is 56.3 Å². The number of imidazole rings is 1. The summed E-state index contributed by atoms with van der Waals surface area (Å²) in [6.07, 6.45) is 4.84. The first-order chi connectivity index (χ1) is 28.9. The van der Waals surface area contributed by atoms with Crippen LogP contribution in [0.3, 0.4) is 0 Å². The van der Waals surface area contributed by atoms with Crippen LogP contribution in [0.5, 0.6) is 0 Å². The minimum Gasteiger partial charge on any atom is -0.501 e. The zero-order valence-corrected chi connectivity index (χ0v) is 40.1. The molecule has 0 fully saturated rings. The summed E-state index contributed by atoms with van der Waals surface area (Å²) < 4.78 is 8.77. The number of aromatic nitrogens is 3. The average molecular weight is 993 g/mol. The molecule has 0 saturated carbocycles. The van der Waals surface area contributed by atoms with E-state index in [2.05, 4.69) is 174 Å². The molecule has 0 N–H and O–H groups in total. The third kappa shape index (κ3) is 9.00. The van der Waals surface area contributed by atoms with Crippen molar-refractivity contribution in [1.29, 1.82) is 0 Å². The van der Waals surface area contributed by atoms with Crippen molar-refractivity contribution in [3.8, 4) is 39.3 Å². The van der Waals surface area contributed by atoms with Crippen LogP contribution in [-0.4, -0.2) is 22.6 Å². The van der Waals surface area contributed by atoms with Gasteiger partial charge < -0.3 is 8.98 Å². The summed E-state index contributed by atoms with van der Waals surface area (Å²) in [7, 11) is -1.31. The van der Waals surface area contributed by atoms with Crippen LogP contribution in [0.1, 0.15) is 70.1 Å². The molecule has 0 aliphatic heterocycles. The molecular formula is C55H54IrN3OSi. The van der Waals surface area contributed by atoms with Gasteiger partial charge in [-0.15, -0.1) is 35.0 Å². The minimum atomic E-state index is -1.31. The van der Waals surface area contributed by atoms with Gasteiger partial charge in [0.05, 0.1) is 28.6 Å². The van der Waals surface area contributed by atoms with Gasteiger partial charge in [-0.3, -0.25) is 9.97 Å². The molecule has 0 bridgehead atoms. The quantitative estimate of drug-likeness (QED) is 0.107. The standard InChI is InChI=1S/C36H30N3O.C19H24Si.Ir/c1-22(2)29-19-25(24-11-6-5-7-12-24)20-30(23(3)4)34(29)39-32-17-18-37-21-31(32)38-36(39)28-15-10-14-27-26-13-8-9-16-33(26)40-35(27)28;1-15(2)13-18-14-17(16-9-7-6-8-10-16)11-12-19(18)20(3,4)5;/h5-14,16-23H,1-4H3;6-9,12,14-15H,13H2,1-5H3;/q-1;-2;+3. The van der Waals surface area contributed by atoms with Crippen molar-refractivity contribution < 1.29 is 24.5 Å². The van der Waals surface area contributed by atoms with Crippen LogP contribution in [-0.2, 0) is 26.5 Å². The first-order valence-electron chi connectivity index (χ1n) is 21.3. The maximum absolute atomic E-state index is 6.46. The summed E-state index contributed by atoms with van der Waals surface area (Å²) >= 11 is 0. The summed E-state index contributed by atoms with van der Waals surface area (Å²) in [5.41, 5.74) is 14.4. The van der Waals surface area contributed by atoms with Gasteiger partial charge >= 0.3 is 20.1 Å². The monoisotopic (exact) mass is 993 g/mol. The number of fused-ring (bicyclic) bond motifs is 4. The van der Waals surface area contributed by atoms with Gasteiger partial charge in [0.2, 0.25) is 0 Å². The van der Waals surface area contributed by atoms with E-state index >= 15 is 0 Å². The van der Waals surface area contributed by atoms with Crippen LogP contribution in [0.15, 0.2) is 138 Å². The van der Waals surface area contributed by atoms with E-state index in [9.17, 15) is 0 Å². The van der Waals surface area contributed by atoms with Gasteiger partial charge in [-0.25, -0.2) is 11.1 Å². The first-order valence-corrected chi connectivity index (χ1v) is 24.8. The van der Waals surface area contributed by atoms with Crippen LogP contribution in [0, 0.1) is 24.1 Å². The van der Waals surface area contributed by atoms with Crippen molar-refractivity contribution in [3.05, 3.63) is 169 Å². The molecule has 0 unspecified atom stereocenters. The summed E-state index contributed by atoms with van der Waals surface area (Å²) in [5.74, 6) is 2.06. The smallest absolute Gasteiger partial charge is 0.501 e. The number of rotatable bonds is 9. The molecule has 0 aliphatic rings. The third-order valence-corrected chi connectivity index (χ3v) is 13.3. The molecule has 6 heteroatoms. The molecule has 4 nitrogen and oxygen atoms in total. The Hall–Kier alpha value is -5.39. The van der Waals surface area contributed by atoms with E-state index in [-0.39, 0.29) is 31.9 Å². The molecule has 61 heavy (non-hydrogen) atoms. The average Bonchev–Trinajstić information content (AvgIpc) is 3.82. The predicted octanol–water partition coefficient (Wildman–Crippen LogP) is 14.4. The molecule has 0 aliphatic carbocycles. The summed E-state index contributed by atoms with van der Waals surface area (Å²) in [6, 6.07) is 52.6. The fourth-order valence-corrected chi connectivity index (χ4v) is 10.0. The number of pyridine rings is 1. The second kappa shape index (κ2) is 18.3. The molecule has 0 amide bonds. The normalized spacial score (nSPS) is 11.7. The van der Waals surface area contributed by atoms with E-state index in [1.54, 1.807) is 5.19 Å². The van der Waals surface area contributed by atoms with Crippen molar-refractivity contribution in [2.75, 3.05) is 0 Å². The molecule has 0 saturated heterocycles. The Morgan fingerprint density at radius 3 is 2.07 bits per heavy atom. The maximum atomic E-state index is 6.46. The second-order valence-corrected chi connectivity index (χ2v) is 23.0. The Kier molecular flexibility index (Phi) is 13.1. The SMILES string of the molecule is CC(C)Cc1cc(-c2[c-]cccc2)[c-]cc1[Si](C)(C)C.CC(C)c1cc(-c2ccccc2)cc(C(C)C)c1-n1c(-c2[c-]ccc3c2oc2ccccc23)nc2cnccc21.[Ir+3]. The number of furan rings is 1. The van der Waals surface area contributed by atoms with Gasteiger partial charge in [0.15, 0.2) is 0 Å². The fourth-order valence-electron chi connectivity index (χ4n) is 8.36. The molecule has 3 heterocycles. The topological polar surface area (TPSA) is 43.9 Å². The summed E-state index contributed by atoms with van der Waals surface area (Å²) in [6.45, 7) is 20.9. The molecule has 0 spiro atoms. The van der Waals surface area contributed by atoms with Crippen LogP contribution in [0.25, 0.3) is 72.3 Å². The van der Waals surface area contributed by atoms with E-state index < -0.39 is 8.07 Å². The van der Waals surface area contributed by atoms with Crippen LogP contribution >= 0.6 is 0 Å². The largest absolute Gasteiger partial charge is 3.00 e. The third-order valence-electron chi connectivity index (χ3n) is 11.2. The first kappa shape index (κ1) is 43.7. The van der Waals surface area contributed by atoms with Crippen LogP contribution in [0.2, 0.25) is 19.6 Å². The van der Waals surface area contributed by atoms with Gasteiger partial charge in [0.25, 0.3) is 0 Å². The van der Waals surface area contributed by atoms with Gasteiger partial charge in [0, 0.05) is 25.3 Å². The Labute approximate surface area is 376 Å². The van der Waals surface area contributed by atoms with Gasteiger partial charge in [-0.1, -0.05) is 121 Å². The maximum Gasteiger partial charge on any atom is 3.00 e. The molecule has 0 atom stereocenters. The molecular weight excluding hydrogens is 939 g/mol. The molecule has 9 rings (SSSR count). The van der Waals surface area contributed by atoms with Gasteiger partial charge in [-0.2, -0.15) is 42.5 Å². The van der Waals surface area contributed by atoms with Crippen LogP contribution in [0.4, 0.5) is 0 Å². The second-order valence-electron chi connectivity index (χ2n) is 17.9. The summed E-state index contributed by atoms with van der Waals surface area (Å²) in [4.78, 5) is 9.58. The summed E-state index contributed by atoms with van der Waals surface area (Å²) in [5, 5.41) is 3.70. The van der Waals surface area contributed by atoms with E-state index in [1.165, 1.54) is 39.1 Å². The van der Waals surface area contributed by atoms with E-state index in [0.29, 0.717) is 5.92 Å². The zero-order valence-electron chi connectivity index (χ0n) is 36.7. The fraction of sp³-hybridized carbons (Fsp3) is 0.236. The van der Waals surface area contributed by atoms with Crippen LogP contribution < -0.4 is 5.19 Å². The number of benzene rings is 6. The molecule has 6 aromatic carbocycles. The van der Waals surface area contributed by atoms with Crippen molar-refractivity contribution in [2.45, 2.75) is 79.4 Å². The Morgan fingerprint density at radius 2 is 1.39 bits per heavy atom.